The molecule has 0 aliphatic carbocycles. The Balaban J connectivity index is 2.48. The van der Waals surface area contributed by atoms with Gasteiger partial charge in [-0.15, -0.1) is 0 Å². The van der Waals surface area contributed by atoms with Gasteiger partial charge in [-0.25, -0.2) is 15.0 Å². The van der Waals surface area contributed by atoms with Gasteiger partial charge in [0.1, 0.15) is 12.1 Å². The number of rotatable bonds is 2. The lowest BCUT2D eigenvalue weighted by atomic mass is 10.2. The normalized spacial score (nSPS) is 11.4. The van der Waals surface area contributed by atoms with Crippen molar-refractivity contribution in [1.82, 2.24) is 15.0 Å². The zero-order valence-electron chi connectivity index (χ0n) is 9.57. The van der Waals surface area contributed by atoms with E-state index < -0.39 is 3.79 Å². The van der Waals surface area contributed by atoms with Crippen molar-refractivity contribution in [2.75, 3.05) is 7.11 Å². The van der Waals surface area contributed by atoms with E-state index in [2.05, 4.69) is 30.9 Å². The lowest BCUT2D eigenvalue weighted by Gasteiger charge is -2.10. The maximum atomic E-state index is 5.75. The van der Waals surface area contributed by atoms with Crippen molar-refractivity contribution >= 4 is 50.7 Å². The van der Waals surface area contributed by atoms with Gasteiger partial charge in [-0.05, 0) is 34.1 Å². The van der Waals surface area contributed by atoms with Crippen LogP contribution in [0.5, 0.6) is 5.75 Å². The molecule has 8 heteroatoms. The summed E-state index contributed by atoms with van der Waals surface area (Å²) in [7, 11) is 1.59. The summed E-state index contributed by atoms with van der Waals surface area (Å²) in [6, 6.07) is 5.40. The van der Waals surface area contributed by atoms with Gasteiger partial charge in [-0.3, -0.25) is 0 Å². The summed E-state index contributed by atoms with van der Waals surface area (Å²) in [5.41, 5.74) is 0.749. The number of alkyl halides is 3. The van der Waals surface area contributed by atoms with E-state index in [0.717, 1.165) is 10.0 Å². The predicted molar refractivity (Wildman–Crippen MR) is 78.8 cm³/mol. The molecular formula is C11H7BrCl3N3O. The highest BCUT2D eigenvalue weighted by molar-refractivity contribution is 9.10. The van der Waals surface area contributed by atoms with Crippen molar-refractivity contribution < 1.29 is 4.74 Å². The highest BCUT2D eigenvalue weighted by Gasteiger charge is 2.27. The average molecular weight is 383 g/mol. The molecule has 0 aliphatic heterocycles. The summed E-state index contributed by atoms with van der Waals surface area (Å²) in [4.78, 5) is 12.1. The molecule has 0 saturated heterocycles. The molecule has 0 radical (unpaired) electrons. The van der Waals surface area contributed by atoms with Crippen LogP contribution in [0.25, 0.3) is 11.4 Å². The van der Waals surface area contributed by atoms with Crippen LogP contribution in [0.15, 0.2) is 29.0 Å². The number of benzene rings is 1. The minimum atomic E-state index is -1.68. The third-order valence-corrected chi connectivity index (χ3v) is 3.41. The van der Waals surface area contributed by atoms with Crippen LogP contribution in [0, 0.1) is 0 Å². The molecule has 0 spiro atoms. The lowest BCUT2D eigenvalue weighted by Crippen LogP contribution is -2.08. The second kappa shape index (κ2) is 5.79. The number of aromatic nitrogens is 3. The zero-order chi connectivity index (χ0) is 14.0. The zero-order valence-corrected chi connectivity index (χ0v) is 13.4. The minimum Gasteiger partial charge on any atom is -0.497 e. The van der Waals surface area contributed by atoms with Crippen LogP contribution < -0.4 is 4.74 Å². The van der Waals surface area contributed by atoms with E-state index in [-0.39, 0.29) is 5.82 Å². The topological polar surface area (TPSA) is 47.9 Å². The molecule has 0 amide bonds. The van der Waals surface area contributed by atoms with Crippen LogP contribution in [0.3, 0.4) is 0 Å². The quantitative estimate of drug-likeness (QED) is 0.732. The van der Waals surface area contributed by atoms with Crippen LogP contribution in [0.2, 0.25) is 0 Å². The first-order valence-electron chi connectivity index (χ1n) is 5.02. The smallest absolute Gasteiger partial charge is 0.250 e. The van der Waals surface area contributed by atoms with Crippen molar-refractivity contribution in [3.05, 3.63) is 34.8 Å². The maximum Gasteiger partial charge on any atom is 0.250 e. The van der Waals surface area contributed by atoms with E-state index in [9.17, 15) is 0 Å². The Morgan fingerprint density at radius 2 is 1.95 bits per heavy atom. The van der Waals surface area contributed by atoms with Crippen molar-refractivity contribution in [3.8, 4) is 17.1 Å². The number of hydrogen-bond acceptors (Lipinski definition) is 4. The van der Waals surface area contributed by atoms with Crippen molar-refractivity contribution in [3.63, 3.8) is 0 Å². The molecule has 0 unspecified atom stereocenters. The van der Waals surface area contributed by atoms with Gasteiger partial charge in [0.2, 0.25) is 3.79 Å². The summed E-state index contributed by atoms with van der Waals surface area (Å²) >= 11 is 20.7. The van der Waals surface area contributed by atoms with Crippen molar-refractivity contribution in [1.29, 1.82) is 0 Å². The fraction of sp³-hybridized carbons (Fsp3) is 0.182. The van der Waals surface area contributed by atoms with Crippen LogP contribution in [0.1, 0.15) is 5.82 Å². The van der Waals surface area contributed by atoms with Crippen LogP contribution in [0.4, 0.5) is 0 Å². The van der Waals surface area contributed by atoms with E-state index in [4.69, 9.17) is 39.5 Å². The Hall–Kier alpha value is -0.620. The fourth-order valence-corrected chi connectivity index (χ4v) is 2.18. The molecule has 2 aromatic rings. The van der Waals surface area contributed by atoms with E-state index in [1.54, 1.807) is 25.3 Å². The Morgan fingerprint density at radius 3 is 2.53 bits per heavy atom. The second-order valence-electron chi connectivity index (χ2n) is 3.48. The number of halogens is 4. The van der Waals surface area contributed by atoms with Gasteiger partial charge < -0.3 is 4.74 Å². The molecule has 1 aromatic heterocycles. The molecule has 0 N–H and O–H groups in total. The Labute approximate surface area is 133 Å². The largest absolute Gasteiger partial charge is 0.497 e. The van der Waals surface area contributed by atoms with Gasteiger partial charge in [0.25, 0.3) is 0 Å². The molecule has 100 valence electrons. The average Bonchev–Trinajstić information content (AvgIpc) is 2.37. The van der Waals surface area contributed by atoms with Crippen LogP contribution in [-0.4, -0.2) is 22.1 Å². The summed E-state index contributed by atoms with van der Waals surface area (Å²) in [6.45, 7) is 0. The number of nitrogens with zero attached hydrogens (tertiary/aromatic N) is 3. The van der Waals surface area contributed by atoms with Crippen molar-refractivity contribution in [2.24, 2.45) is 0 Å². The van der Waals surface area contributed by atoms with E-state index in [0.29, 0.717) is 11.6 Å². The maximum absolute atomic E-state index is 5.75. The molecular weight excluding hydrogens is 376 g/mol. The molecule has 4 nitrogen and oxygen atoms in total. The SMILES string of the molecule is COc1ccc(-c2ncnc(C(Cl)(Cl)Cl)n2)c(Br)c1. The molecule has 0 atom stereocenters. The molecule has 1 heterocycles. The molecule has 2 rings (SSSR count). The van der Waals surface area contributed by atoms with E-state index in [1.165, 1.54) is 6.33 Å². The highest BCUT2D eigenvalue weighted by Crippen LogP contribution is 2.36. The van der Waals surface area contributed by atoms with E-state index in [1.807, 2.05) is 0 Å². The second-order valence-corrected chi connectivity index (χ2v) is 6.61. The Bertz CT molecular complexity index is 604. The number of hydrogen-bond donors (Lipinski definition) is 0. The molecule has 0 aliphatic rings. The Kier molecular flexibility index (Phi) is 4.50. The number of ether oxygens (including phenoxy) is 1. The minimum absolute atomic E-state index is 0.0743. The standard InChI is InChI=1S/C11H7BrCl3N3O/c1-19-6-2-3-7(8(12)4-6)9-16-5-17-10(18-9)11(13,14)15/h2-5H,1H3. The van der Waals surface area contributed by atoms with Crippen LogP contribution in [-0.2, 0) is 3.79 Å². The van der Waals surface area contributed by atoms with Crippen molar-refractivity contribution in [2.45, 2.75) is 3.79 Å². The van der Waals surface area contributed by atoms with Gasteiger partial charge in [0, 0.05) is 10.0 Å². The molecule has 19 heavy (non-hydrogen) atoms. The first-order valence-corrected chi connectivity index (χ1v) is 6.94. The van der Waals surface area contributed by atoms with E-state index >= 15 is 0 Å². The Morgan fingerprint density at radius 1 is 1.21 bits per heavy atom. The van der Waals surface area contributed by atoms with Gasteiger partial charge in [0.05, 0.1) is 7.11 Å². The molecule has 0 bridgehead atoms. The third-order valence-electron chi connectivity index (χ3n) is 2.24. The summed E-state index contributed by atoms with van der Waals surface area (Å²) in [5.74, 6) is 1.20. The lowest BCUT2D eigenvalue weighted by molar-refractivity contribution is 0.414. The first kappa shape index (κ1) is 14.8. The van der Waals surface area contributed by atoms with Gasteiger partial charge in [-0.1, -0.05) is 34.8 Å². The third kappa shape index (κ3) is 3.48. The fourth-order valence-electron chi connectivity index (χ4n) is 1.37. The summed E-state index contributed by atoms with van der Waals surface area (Å²) in [5, 5.41) is 0. The first-order chi connectivity index (χ1) is 8.91. The van der Waals surface area contributed by atoms with Gasteiger partial charge in [-0.2, -0.15) is 0 Å². The summed E-state index contributed by atoms with van der Waals surface area (Å²) in [6.07, 6.45) is 1.30. The van der Waals surface area contributed by atoms with Gasteiger partial charge in [0.15, 0.2) is 11.6 Å². The molecule has 1 aromatic carbocycles. The monoisotopic (exact) mass is 381 g/mol. The summed E-state index contributed by atoms with van der Waals surface area (Å²) < 4.78 is 4.21. The molecule has 0 saturated carbocycles. The molecule has 0 fully saturated rings. The highest BCUT2D eigenvalue weighted by atomic mass is 79.9. The number of methoxy groups -OCH3 is 1. The predicted octanol–water partition coefficient (Wildman–Crippen LogP) is 4.14. The van der Waals surface area contributed by atoms with Gasteiger partial charge >= 0.3 is 0 Å². The van der Waals surface area contributed by atoms with Crippen LogP contribution >= 0.6 is 50.7 Å².